The number of nitrogens with zero attached hydrogens (tertiary/aromatic N) is 4. The van der Waals surface area contributed by atoms with Crippen LogP contribution in [-0.2, 0) is 29.0 Å². The average Bonchev–Trinajstić information content (AvgIpc) is 2.96. The number of hydrogen-bond acceptors (Lipinski definition) is 5. The lowest BCUT2D eigenvalue weighted by Gasteiger charge is -2.20. The van der Waals surface area contributed by atoms with E-state index in [0.29, 0.717) is 13.0 Å². The standard InChI is InChI=1S/C19H27N5O2/c1-15(20-18(25)9-13-26-2)19-22-21-17-8-10-23(11-12-24(17)19)14-16-6-4-3-5-7-16/h3-7,15H,8-14H2,1-2H3,(H,20,25). The molecule has 1 atom stereocenters. The molecule has 2 aromatic rings. The van der Waals surface area contributed by atoms with Crippen molar-refractivity contribution < 1.29 is 9.53 Å². The van der Waals surface area contributed by atoms with Gasteiger partial charge in [-0.2, -0.15) is 0 Å². The number of hydrogen-bond donors (Lipinski definition) is 1. The highest BCUT2D eigenvalue weighted by molar-refractivity contribution is 5.76. The summed E-state index contributed by atoms with van der Waals surface area (Å²) in [6.45, 7) is 6.05. The second-order valence-corrected chi connectivity index (χ2v) is 6.67. The zero-order valence-corrected chi connectivity index (χ0v) is 15.5. The van der Waals surface area contributed by atoms with Gasteiger partial charge in [0.05, 0.1) is 12.6 Å². The van der Waals surface area contributed by atoms with Crippen LogP contribution >= 0.6 is 0 Å². The molecule has 1 unspecified atom stereocenters. The summed E-state index contributed by atoms with van der Waals surface area (Å²) in [5, 5.41) is 11.7. The molecular weight excluding hydrogens is 330 g/mol. The van der Waals surface area contributed by atoms with Gasteiger partial charge in [-0.3, -0.25) is 9.69 Å². The number of benzene rings is 1. The van der Waals surface area contributed by atoms with Crippen LogP contribution in [0.3, 0.4) is 0 Å². The Labute approximate surface area is 154 Å². The maximum absolute atomic E-state index is 11.9. The number of ether oxygens (including phenoxy) is 1. The number of amides is 1. The van der Waals surface area contributed by atoms with Gasteiger partial charge >= 0.3 is 0 Å². The minimum Gasteiger partial charge on any atom is -0.384 e. The molecule has 1 aromatic heterocycles. The summed E-state index contributed by atoms with van der Waals surface area (Å²) < 4.78 is 7.11. The Morgan fingerprint density at radius 2 is 2.04 bits per heavy atom. The van der Waals surface area contributed by atoms with E-state index in [2.05, 4.69) is 49.2 Å². The largest absolute Gasteiger partial charge is 0.384 e. The summed E-state index contributed by atoms with van der Waals surface area (Å²) >= 11 is 0. The lowest BCUT2D eigenvalue weighted by atomic mass is 10.2. The molecule has 1 amide bonds. The summed E-state index contributed by atoms with van der Waals surface area (Å²) in [5.41, 5.74) is 1.32. The second-order valence-electron chi connectivity index (χ2n) is 6.67. The van der Waals surface area contributed by atoms with Gasteiger partial charge in [0.1, 0.15) is 5.82 Å². The number of carbonyl (C=O) groups is 1. The predicted octanol–water partition coefficient (Wildman–Crippen LogP) is 1.55. The van der Waals surface area contributed by atoms with E-state index in [1.807, 2.05) is 13.0 Å². The van der Waals surface area contributed by atoms with Gasteiger partial charge in [0.2, 0.25) is 5.91 Å². The fourth-order valence-corrected chi connectivity index (χ4v) is 3.28. The summed E-state index contributed by atoms with van der Waals surface area (Å²) in [4.78, 5) is 14.4. The average molecular weight is 357 g/mol. The molecule has 1 aliphatic rings. The van der Waals surface area contributed by atoms with Gasteiger partial charge in [0, 0.05) is 46.1 Å². The molecule has 140 valence electrons. The summed E-state index contributed by atoms with van der Waals surface area (Å²) in [6.07, 6.45) is 1.22. The summed E-state index contributed by atoms with van der Waals surface area (Å²) in [6, 6.07) is 10.4. The van der Waals surface area contributed by atoms with Crippen LogP contribution in [0, 0.1) is 0 Å². The molecule has 0 radical (unpaired) electrons. The molecule has 0 fully saturated rings. The Hall–Kier alpha value is -2.25. The first-order chi connectivity index (χ1) is 12.7. The molecule has 3 rings (SSSR count). The third-order valence-electron chi connectivity index (χ3n) is 4.69. The second kappa shape index (κ2) is 8.91. The van der Waals surface area contributed by atoms with Crippen LogP contribution in [0.1, 0.15) is 36.6 Å². The van der Waals surface area contributed by atoms with Gasteiger partial charge in [-0.15, -0.1) is 10.2 Å². The molecule has 0 bridgehead atoms. The SMILES string of the molecule is COCCC(=O)NC(C)c1nnc2n1CCN(Cc1ccccc1)CC2. The van der Waals surface area contributed by atoms with Gasteiger partial charge < -0.3 is 14.6 Å². The van der Waals surface area contributed by atoms with E-state index in [-0.39, 0.29) is 11.9 Å². The van der Waals surface area contributed by atoms with Crippen molar-refractivity contribution in [1.82, 2.24) is 25.0 Å². The Morgan fingerprint density at radius 3 is 2.81 bits per heavy atom. The maximum atomic E-state index is 11.9. The van der Waals surface area contributed by atoms with E-state index in [0.717, 1.165) is 44.2 Å². The number of aromatic nitrogens is 3. The number of nitrogens with one attached hydrogen (secondary N) is 1. The molecule has 0 spiro atoms. The van der Waals surface area contributed by atoms with Gasteiger partial charge in [-0.05, 0) is 12.5 Å². The van der Waals surface area contributed by atoms with Crippen molar-refractivity contribution >= 4 is 5.91 Å². The lowest BCUT2D eigenvalue weighted by Crippen LogP contribution is -2.30. The monoisotopic (exact) mass is 357 g/mol. The quantitative estimate of drug-likeness (QED) is 0.814. The van der Waals surface area contributed by atoms with Crippen molar-refractivity contribution in [3.63, 3.8) is 0 Å². The van der Waals surface area contributed by atoms with Gasteiger partial charge in [-0.1, -0.05) is 30.3 Å². The summed E-state index contributed by atoms with van der Waals surface area (Å²) in [7, 11) is 1.59. The first-order valence-corrected chi connectivity index (χ1v) is 9.14. The number of fused-ring (bicyclic) bond motifs is 1. The molecule has 1 N–H and O–H groups in total. The van der Waals surface area contributed by atoms with Crippen molar-refractivity contribution in [3.8, 4) is 0 Å². The van der Waals surface area contributed by atoms with Crippen LogP contribution in [0.2, 0.25) is 0 Å². The Kier molecular flexibility index (Phi) is 6.35. The third kappa shape index (κ3) is 4.68. The third-order valence-corrected chi connectivity index (χ3v) is 4.69. The highest BCUT2D eigenvalue weighted by atomic mass is 16.5. The van der Waals surface area contributed by atoms with E-state index < -0.39 is 0 Å². The zero-order chi connectivity index (χ0) is 18.4. The molecule has 7 nitrogen and oxygen atoms in total. The smallest absolute Gasteiger partial charge is 0.222 e. The molecule has 0 saturated carbocycles. The normalized spacial score (nSPS) is 15.9. The van der Waals surface area contributed by atoms with Crippen LogP contribution in [-0.4, -0.2) is 52.4 Å². The molecule has 0 aliphatic carbocycles. The van der Waals surface area contributed by atoms with Crippen molar-refractivity contribution in [2.75, 3.05) is 26.8 Å². The lowest BCUT2D eigenvalue weighted by molar-refractivity contribution is -0.122. The molecule has 2 heterocycles. The van der Waals surface area contributed by atoms with Crippen LogP contribution in [0.5, 0.6) is 0 Å². The molecular formula is C19H27N5O2. The van der Waals surface area contributed by atoms with Gasteiger partial charge in [0.25, 0.3) is 0 Å². The van der Waals surface area contributed by atoms with Crippen molar-refractivity contribution in [1.29, 1.82) is 0 Å². The molecule has 1 aromatic carbocycles. The highest BCUT2D eigenvalue weighted by Crippen LogP contribution is 2.16. The minimum atomic E-state index is -0.165. The number of methoxy groups -OCH3 is 1. The minimum absolute atomic E-state index is 0.0315. The topological polar surface area (TPSA) is 72.3 Å². The highest BCUT2D eigenvalue weighted by Gasteiger charge is 2.22. The van der Waals surface area contributed by atoms with Gasteiger partial charge in [-0.25, -0.2) is 0 Å². The Morgan fingerprint density at radius 1 is 1.23 bits per heavy atom. The van der Waals surface area contributed by atoms with Gasteiger partial charge in [0.15, 0.2) is 5.82 Å². The van der Waals surface area contributed by atoms with Crippen LogP contribution in [0.15, 0.2) is 30.3 Å². The molecule has 0 saturated heterocycles. The first kappa shape index (κ1) is 18.5. The van der Waals surface area contributed by atoms with Crippen molar-refractivity contribution in [3.05, 3.63) is 47.5 Å². The maximum Gasteiger partial charge on any atom is 0.222 e. The fraction of sp³-hybridized carbons (Fsp3) is 0.526. The Bertz CT molecular complexity index is 716. The molecule has 26 heavy (non-hydrogen) atoms. The summed E-state index contributed by atoms with van der Waals surface area (Å²) in [5.74, 6) is 1.79. The molecule has 7 heteroatoms. The van der Waals surface area contributed by atoms with Crippen LogP contribution < -0.4 is 5.32 Å². The molecule has 1 aliphatic heterocycles. The number of carbonyl (C=O) groups excluding carboxylic acids is 1. The first-order valence-electron chi connectivity index (χ1n) is 9.14. The van der Waals surface area contributed by atoms with E-state index in [4.69, 9.17) is 4.74 Å². The van der Waals surface area contributed by atoms with E-state index in [1.54, 1.807) is 7.11 Å². The van der Waals surface area contributed by atoms with E-state index in [9.17, 15) is 4.79 Å². The number of rotatable bonds is 7. The fourth-order valence-electron chi connectivity index (χ4n) is 3.28. The van der Waals surface area contributed by atoms with E-state index in [1.165, 1.54) is 5.56 Å². The zero-order valence-electron chi connectivity index (χ0n) is 15.5. The predicted molar refractivity (Wildman–Crippen MR) is 98.5 cm³/mol. The van der Waals surface area contributed by atoms with Crippen molar-refractivity contribution in [2.45, 2.75) is 38.9 Å². The van der Waals surface area contributed by atoms with Crippen LogP contribution in [0.25, 0.3) is 0 Å². The van der Waals surface area contributed by atoms with Crippen molar-refractivity contribution in [2.24, 2.45) is 0 Å². The Balaban J connectivity index is 1.61. The van der Waals surface area contributed by atoms with Crippen LogP contribution in [0.4, 0.5) is 0 Å². The van der Waals surface area contributed by atoms with E-state index >= 15 is 0 Å².